The molecule has 0 spiro atoms. The molecule has 4 nitrogen and oxygen atoms in total. The van der Waals surface area contributed by atoms with Crippen LogP contribution in [0, 0.1) is 20.8 Å². The van der Waals surface area contributed by atoms with Gasteiger partial charge in [-0.15, -0.1) is 0 Å². The van der Waals surface area contributed by atoms with Crippen molar-refractivity contribution < 1.29 is 5.11 Å². The Morgan fingerprint density at radius 2 is 1.74 bits per heavy atom. The zero-order valence-electron chi connectivity index (χ0n) is 13.5. The fourth-order valence-electron chi connectivity index (χ4n) is 3.22. The molecular formula is C19H19N3O. The third-order valence-corrected chi connectivity index (χ3v) is 4.32. The summed E-state index contributed by atoms with van der Waals surface area (Å²) in [5.41, 5.74) is 7.41. The van der Waals surface area contributed by atoms with Gasteiger partial charge in [-0.1, -0.05) is 23.3 Å². The first kappa shape index (κ1) is 13.9. The number of phenols is 1. The Hall–Kier alpha value is -2.75. The lowest BCUT2D eigenvalue weighted by atomic mass is 10.0. The lowest BCUT2D eigenvalue weighted by Crippen LogP contribution is -2.25. The van der Waals surface area contributed by atoms with Crippen molar-refractivity contribution in [2.75, 3.05) is 5.32 Å². The highest BCUT2D eigenvalue weighted by molar-refractivity contribution is 5.79. The summed E-state index contributed by atoms with van der Waals surface area (Å²) in [4.78, 5) is 0. The highest BCUT2D eigenvalue weighted by Gasteiger charge is 2.28. The smallest absolute Gasteiger partial charge is 0.150 e. The van der Waals surface area contributed by atoms with Crippen LogP contribution in [0.4, 0.5) is 5.69 Å². The molecule has 4 heteroatoms. The number of rotatable bonds is 1. The van der Waals surface area contributed by atoms with Crippen LogP contribution >= 0.6 is 0 Å². The molecule has 1 aromatic heterocycles. The average Bonchev–Trinajstić information content (AvgIpc) is 2.91. The first-order valence-electron chi connectivity index (χ1n) is 7.76. The molecule has 1 aliphatic heterocycles. The minimum absolute atomic E-state index is 0.214. The number of aromatic nitrogens is 2. The van der Waals surface area contributed by atoms with E-state index in [1.807, 2.05) is 30.7 Å². The molecule has 116 valence electrons. The number of phenolic OH excluding ortho intramolecular Hbond substituents is 1. The van der Waals surface area contributed by atoms with E-state index in [0.717, 1.165) is 33.8 Å². The average molecular weight is 305 g/mol. The van der Waals surface area contributed by atoms with E-state index in [-0.39, 0.29) is 11.9 Å². The molecule has 3 aromatic rings. The van der Waals surface area contributed by atoms with Gasteiger partial charge in [-0.2, -0.15) is 5.10 Å². The second kappa shape index (κ2) is 4.88. The molecule has 0 radical (unpaired) electrons. The van der Waals surface area contributed by atoms with Gasteiger partial charge in [0.25, 0.3) is 0 Å². The van der Waals surface area contributed by atoms with Crippen LogP contribution in [0.2, 0.25) is 0 Å². The van der Waals surface area contributed by atoms with E-state index >= 15 is 0 Å². The van der Waals surface area contributed by atoms with E-state index in [1.54, 1.807) is 6.07 Å². The van der Waals surface area contributed by atoms with Crippen LogP contribution in [0.3, 0.4) is 0 Å². The molecule has 1 atom stereocenters. The highest BCUT2D eigenvalue weighted by atomic mass is 16.3. The fraction of sp³-hybridized carbons (Fsp3) is 0.211. The first-order chi connectivity index (χ1) is 11.0. The van der Waals surface area contributed by atoms with Gasteiger partial charge in [0.1, 0.15) is 5.75 Å². The summed E-state index contributed by atoms with van der Waals surface area (Å²) in [6, 6.07) is 14.1. The number of nitrogens with zero attached hydrogens (tertiary/aromatic N) is 2. The van der Waals surface area contributed by atoms with E-state index < -0.39 is 0 Å². The van der Waals surface area contributed by atoms with Crippen LogP contribution in [0.1, 0.15) is 28.6 Å². The molecule has 2 heterocycles. The van der Waals surface area contributed by atoms with Gasteiger partial charge in [0.2, 0.25) is 0 Å². The largest absolute Gasteiger partial charge is 0.508 e. The maximum atomic E-state index is 10.3. The minimum atomic E-state index is -0.214. The van der Waals surface area contributed by atoms with Crippen LogP contribution in [-0.2, 0) is 0 Å². The molecule has 2 aromatic carbocycles. The quantitative estimate of drug-likeness (QED) is 0.710. The predicted molar refractivity (Wildman–Crippen MR) is 91.7 cm³/mol. The zero-order chi connectivity index (χ0) is 16.1. The van der Waals surface area contributed by atoms with Gasteiger partial charge in [-0.25, -0.2) is 4.68 Å². The predicted octanol–water partition coefficient (Wildman–Crippen LogP) is 4.15. The summed E-state index contributed by atoms with van der Waals surface area (Å²) >= 11 is 0. The number of hydrogen-bond donors (Lipinski definition) is 2. The molecule has 0 saturated heterocycles. The summed E-state index contributed by atoms with van der Waals surface area (Å²) in [6.45, 7) is 6.11. The number of anilines is 1. The van der Waals surface area contributed by atoms with Gasteiger partial charge in [0, 0.05) is 16.8 Å². The molecule has 0 fully saturated rings. The van der Waals surface area contributed by atoms with Crippen molar-refractivity contribution in [1.29, 1.82) is 0 Å². The molecule has 1 aliphatic rings. The van der Waals surface area contributed by atoms with Crippen molar-refractivity contribution in [3.8, 4) is 17.0 Å². The van der Waals surface area contributed by atoms with E-state index in [2.05, 4.69) is 41.6 Å². The number of aromatic hydroxyl groups is 1. The second-order valence-corrected chi connectivity index (χ2v) is 6.27. The van der Waals surface area contributed by atoms with Gasteiger partial charge in [-0.05, 0) is 51.1 Å². The number of benzene rings is 2. The van der Waals surface area contributed by atoms with Gasteiger partial charge in [-0.3, -0.25) is 0 Å². The van der Waals surface area contributed by atoms with Crippen LogP contribution in [0.25, 0.3) is 11.3 Å². The van der Waals surface area contributed by atoms with Gasteiger partial charge >= 0.3 is 0 Å². The van der Waals surface area contributed by atoms with Crippen LogP contribution in [0.15, 0.2) is 42.5 Å². The van der Waals surface area contributed by atoms with Crippen molar-refractivity contribution in [3.63, 3.8) is 0 Å². The lowest BCUT2D eigenvalue weighted by molar-refractivity contribution is 0.452. The van der Waals surface area contributed by atoms with Crippen molar-refractivity contribution in [2.45, 2.75) is 26.9 Å². The topological polar surface area (TPSA) is 50.1 Å². The van der Waals surface area contributed by atoms with Crippen molar-refractivity contribution >= 4 is 5.69 Å². The molecule has 0 saturated carbocycles. The minimum Gasteiger partial charge on any atom is -0.508 e. The summed E-state index contributed by atoms with van der Waals surface area (Å²) < 4.78 is 1.96. The molecular weight excluding hydrogens is 286 g/mol. The normalized spacial score (nSPS) is 15.7. The second-order valence-electron chi connectivity index (χ2n) is 6.27. The van der Waals surface area contributed by atoms with E-state index in [1.165, 1.54) is 5.56 Å². The molecule has 0 bridgehead atoms. The van der Waals surface area contributed by atoms with E-state index in [4.69, 9.17) is 0 Å². The van der Waals surface area contributed by atoms with Gasteiger partial charge in [0.15, 0.2) is 6.17 Å². The fourth-order valence-corrected chi connectivity index (χ4v) is 3.22. The lowest BCUT2D eigenvalue weighted by Gasteiger charge is -2.30. The van der Waals surface area contributed by atoms with Crippen molar-refractivity contribution in [2.24, 2.45) is 0 Å². The zero-order valence-corrected chi connectivity index (χ0v) is 13.5. The van der Waals surface area contributed by atoms with E-state index in [9.17, 15) is 5.11 Å². The monoisotopic (exact) mass is 305 g/mol. The number of fused-ring (bicyclic) bond motifs is 3. The Balaban J connectivity index is 1.94. The van der Waals surface area contributed by atoms with Crippen molar-refractivity contribution in [1.82, 2.24) is 9.78 Å². The summed E-state index contributed by atoms with van der Waals surface area (Å²) in [6.07, 6.45) is -0.214. The Morgan fingerprint density at radius 3 is 2.57 bits per heavy atom. The molecule has 23 heavy (non-hydrogen) atoms. The van der Waals surface area contributed by atoms with Gasteiger partial charge in [0.05, 0.1) is 11.4 Å². The van der Waals surface area contributed by atoms with Crippen LogP contribution in [-0.4, -0.2) is 14.9 Å². The number of hydrogen-bond acceptors (Lipinski definition) is 3. The third-order valence-electron chi connectivity index (χ3n) is 4.32. The van der Waals surface area contributed by atoms with Crippen LogP contribution in [0.5, 0.6) is 5.75 Å². The van der Waals surface area contributed by atoms with Crippen molar-refractivity contribution in [3.05, 3.63) is 64.8 Å². The number of aryl methyl sites for hydroxylation is 3. The summed E-state index contributed by atoms with van der Waals surface area (Å²) in [5.74, 6) is 0.280. The SMILES string of the molecule is Cc1ccc2c(c1)-c1cc(C)nn1[C@@H](c1cc(C)ccc1O)N2. The summed E-state index contributed by atoms with van der Waals surface area (Å²) in [7, 11) is 0. The Kier molecular flexibility index (Phi) is 2.94. The maximum Gasteiger partial charge on any atom is 0.150 e. The molecule has 0 aliphatic carbocycles. The molecule has 0 unspecified atom stereocenters. The van der Waals surface area contributed by atoms with Crippen LogP contribution < -0.4 is 5.32 Å². The Labute approximate surface area is 135 Å². The standard InChI is InChI=1S/C19H19N3O/c1-11-4-6-16-14(8-11)17-10-13(3)21-22(17)19(20-16)15-9-12(2)5-7-18(15)23/h4-10,19-20,23H,1-3H3/t19-/m0/s1. The van der Waals surface area contributed by atoms with E-state index in [0.29, 0.717) is 0 Å². The molecule has 2 N–H and O–H groups in total. The third kappa shape index (κ3) is 2.18. The Morgan fingerprint density at radius 1 is 1.00 bits per heavy atom. The summed E-state index contributed by atoms with van der Waals surface area (Å²) in [5, 5.41) is 18.5. The maximum absolute atomic E-state index is 10.3. The molecule has 0 amide bonds. The highest BCUT2D eigenvalue weighted by Crippen LogP contribution is 2.40. The molecule has 4 rings (SSSR count). The Bertz CT molecular complexity index is 911. The first-order valence-corrected chi connectivity index (χ1v) is 7.76. The van der Waals surface area contributed by atoms with Gasteiger partial charge < -0.3 is 10.4 Å². The number of nitrogens with one attached hydrogen (secondary N) is 1.